The van der Waals surface area contributed by atoms with Gasteiger partial charge in [-0.1, -0.05) is 29.5 Å². The molecule has 0 saturated carbocycles. The highest BCUT2D eigenvalue weighted by molar-refractivity contribution is 6.32. The van der Waals surface area contributed by atoms with Crippen LogP contribution in [0.4, 0.5) is 4.39 Å². The Bertz CT molecular complexity index is 1320. The second kappa shape index (κ2) is 12.4. The fourth-order valence-corrected chi connectivity index (χ4v) is 5.38. The third-order valence-corrected chi connectivity index (χ3v) is 7.29. The van der Waals surface area contributed by atoms with Crippen molar-refractivity contribution < 1.29 is 24.1 Å². The lowest BCUT2D eigenvalue weighted by atomic mass is 9.79. The highest BCUT2D eigenvalue weighted by Gasteiger charge is 2.31. The van der Waals surface area contributed by atoms with Gasteiger partial charge in [0.2, 0.25) is 0 Å². The molecule has 0 radical (unpaired) electrons. The Hall–Kier alpha value is -3.18. The molecule has 2 unspecified atom stereocenters. The van der Waals surface area contributed by atoms with Crippen LogP contribution in [0, 0.1) is 29.5 Å². The molecule has 1 aliphatic rings. The SMILES string of the molecule is COc1ccc2ncc(Cl)c([C@H](O)CCC3CCN(CC#Cc4cccc(F)c4)CC3CC(=O)O)c2c1. The molecule has 0 aliphatic carbocycles. The zero-order valence-corrected chi connectivity index (χ0v) is 21.4. The molecule has 4 rings (SSSR count). The number of aliphatic hydroxyl groups excluding tert-OH is 1. The van der Waals surface area contributed by atoms with E-state index in [0.717, 1.165) is 23.9 Å². The smallest absolute Gasteiger partial charge is 0.303 e. The van der Waals surface area contributed by atoms with E-state index in [1.807, 2.05) is 18.2 Å². The second-order valence-electron chi connectivity index (χ2n) is 9.45. The van der Waals surface area contributed by atoms with Crippen LogP contribution in [-0.2, 0) is 4.79 Å². The number of aromatic nitrogens is 1. The number of carbonyl (C=O) groups is 1. The van der Waals surface area contributed by atoms with Crippen molar-refractivity contribution >= 4 is 28.5 Å². The number of ether oxygens (including phenoxy) is 1. The molecule has 0 amide bonds. The number of hydrogen-bond donors (Lipinski definition) is 2. The Morgan fingerprint density at radius 3 is 2.89 bits per heavy atom. The first-order chi connectivity index (χ1) is 17.8. The maximum absolute atomic E-state index is 13.4. The van der Waals surface area contributed by atoms with E-state index in [9.17, 15) is 19.4 Å². The molecule has 8 heteroatoms. The second-order valence-corrected chi connectivity index (χ2v) is 9.86. The number of halogens is 2. The van der Waals surface area contributed by atoms with Crippen LogP contribution in [-0.4, -0.2) is 52.8 Å². The van der Waals surface area contributed by atoms with Gasteiger partial charge < -0.3 is 14.9 Å². The number of carboxylic acid groups (broad SMARTS) is 1. The van der Waals surface area contributed by atoms with E-state index >= 15 is 0 Å². The van der Waals surface area contributed by atoms with Gasteiger partial charge in [0.05, 0.1) is 30.3 Å². The zero-order valence-electron chi connectivity index (χ0n) is 20.7. The largest absolute Gasteiger partial charge is 0.497 e. The number of methoxy groups -OCH3 is 1. The first kappa shape index (κ1) is 26.9. The van der Waals surface area contributed by atoms with Crippen molar-refractivity contribution in [3.05, 3.63) is 70.6 Å². The van der Waals surface area contributed by atoms with Crippen LogP contribution >= 0.6 is 11.6 Å². The Morgan fingerprint density at radius 2 is 2.14 bits per heavy atom. The Morgan fingerprint density at radius 1 is 1.30 bits per heavy atom. The number of likely N-dealkylation sites (tertiary alicyclic amines) is 1. The average Bonchev–Trinajstić information content (AvgIpc) is 2.87. The zero-order chi connectivity index (χ0) is 26.4. The molecule has 2 aromatic carbocycles. The number of piperidine rings is 1. The molecule has 0 bridgehead atoms. The minimum atomic E-state index is -0.835. The van der Waals surface area contributed by atoms with E-state index in [0.29, 0.717) is 47.8 Å². The number of carboxylic acids is 1. The fourth-order valence-electron chi connectivity index (χ4n) is 5.10. The van der Waals surface area contributed by atoms with Crippen molar-refractivity contribution in [2.45, 2.75) is 31.8 Å². The quantitative estimate of drug-likeness (QED) is 0.388. The molecule has 6 nitrogen and oxygen atoms in total. The predicted octanol–water partition coefficient (Wildman–Crippen LogP) is 5.31. The Labute approximate surface area is 221 Å². The summed E-state index contributed by atoms with van der Waals surface area (Å²) in [6.45, 7) is 1.88. The number of aliphatic carboxylic acids is 1. The lowest BCUT2D eigenvalue weighted by Crippen LogP contribution is -2.41. The third-order valence-electron chi connectivity index (χ3n) is 6.98. The number of hydrogen-bond acceptors (Lipinski definition) is 5. The van der Waals surface area contributed by atoms with Gasteiger partial charge >= 0.3 is 5.97 Å². The number of rotatable bonds is 8. The maximum atomic E-state index is 13.4. The van der Waals surface area contributed by atoms with Crippen molar-refractivity contribution in [3.8, 4) is 17.6 Å². The highest BCUT2D eigenvalue weighted by atomic mass is 35.5. The van der Waals surface area contributed by atoms with E-state index in [1.165, 1.54) is 12.1 Å². The molecule has 1 aromatic heterocycles. The lowest BCUT2D eigenvalue weighted by Gasteiger charge is -2.37. The van der Waals surface area contributed by atoms with Gasteiger partial charge in [-0.3, -0.25) is 14.7 Å². The van der Waals surface area contributed by atoms with Crippen LogP contribution in [0.1, 0.15) is 42.9 Å². The fraction of sp³-hybridized carbons (Fsp3) is 0.379. The normalized spacial score (nSPS) is 18.7. The molecular formula is C29H30ClFN2O4. The molecule has 0 spiro atoms. The molecule has 1 saturated heterocycles. The molecule has 1 fully saturated rings. The van der Waals surface area contributed by atoms with Gasteiger partial charge in [0.15, 0.2) is 0 Å². The molecule has 194 valence electrons. The summed E-state index contributed by atoms with van der Waals surface area (Å²) in [5.41, 5.74) is 1.95. The summed E-state index contributed by atoms with van der Waals surface area (Å²) in [6.07, 6.45) is 2.73. The predicted molar refractivity (Wildman–Crippen MR) is 141 cm³/mol. The summed E-state index contributed by atoms with van der Waals surface area (Å²) in [5.74, 6) is 5.65. The van der Waals surface area contributed by atoms with Crippen LogP contribution in [0.3, 0.4) is 0 Å². The van der Waals surface area contributed by atoms with E-state index in [1.54, 1.807) is 25.4 Å². The minimum Gasteiger partial charge on any atom is -0.497 e. The number of pyridine rings is 1. The van der Waals surface area contributed by atoms with Crippen LogP contribution < -0.4 is 4.74 Å². The highest BCUT2D eigenvalue weighted by Crippen LogP contribution is 2.37. The molecule has 3 atom stereocenters. The molecule has 3 aromatic rings. The number of benzene rings is 2. The molecule has 1 aliphatic heterocycles. The van der Waals surface area contributed by atoms with E-state index in [-0.39, 0.29) is 24.1 Å². The summed E-state index contributed by atoms with van der Waals surface area (Å²) < 4.78 is 18.7. The average molecular weight is 525 g/mol. The van der Waals surface area contributed by atoms with Crippen molar-refractivity contribution in [2.75, 3.05) is 26.7 Å². The maximum Gasteiger partial charge on any atom is 0.303 e. The molecule has 2 N–H and O–H groups in total. The summed E-state index contributed by atoms with van der Waals surface area (Å²) in [7, 11) is 1.58. The molecular weight excluding hydrogens is 495 g/mol. The summed E-state index contributed by atoms with van der Waals surface area (Å²) in [5, 5.41) is 21.8. The van der Waals surface area contributed by atoms with Crippen molar-refractivity contribution in [3.63, 3.8) is 0 Å². The van der Waals surface area contributed by atoms with Gasteiger partial charge in [-0.15, -0.1) is 0 Å². The Balaban J connectivity index is 1.42. The summed E-state index contributed by atoms with van der Waals surface area (Å²) in [6, 6.07) is 11.6. The van der Waals surface area contributed by atoms with Crippen molar-refractivity contribution in [1.82, 2.24) is 9.88 Å². The molecule has 37 heavy (non-hydrogen) atoms. The number of aliphatic hydroxyl groups is 1. The van der Waals surface area contributed by atoms with Crippen LogP contribution in [0.5, 0.6) is 5.75 Å². The van der Waals surface area contributed by atoms with Gasteiger partial charge in [0.25, 0.3) is 0 Å². The van der Waals surface area contributed by atoms with E-state index < -0.39 is 12.1 Å². The van der Waals surface area contributed by atoms with Gasteiger partial charge in [-0.25, -0.2) is 4.39 Å². The summed E-state index contributed by atoms with van der Waals surface area (Å²) in [4.78, 5) is 18.1. The van der Waals surface area contributed by atoms with Gasteiger partial charge in [-0.2, -0.15) is 0 Å². The first-order valence-corrected chi connectivity index (χ1v) is 12.7. The van der Waals surface area contributed by atoms with E-state index in [4.69, 9.17) is 16.3 Å². The molecule has 2 heterocycles. The number of nitrogens with zero attached hydrogens (tertiary/aromatic N) is 2. The monoisotopic (exact) mass is 524 g/mol. The van der Waals surface area contributed by atoms with Crippen molar-refractivity contribution in [1.29, 1.82) is 0 Å². The third kappa shape index (κ3) is 6.98. The van der Waals surface area contributed by atoms with Crippen LogP contribution in [0.2, 0.25) is 5.02 Å². The van der Waals surface area contributed by atoms with Gasteiger partial charge in [-0.05, 0) is 74.0 Å². The summed E-state index contributed by atoms with van der Waals surface area (Å²) >= 11 is 6.45. The lowest BCUT2D eigenvalue weighted by molar-refractivity contribution is -0.139. The first-order valence-electron chi connectivity index (χ1n) is 12.3. The minimum absolute atomic E-state index is 0.0563. The van der Waals surface area contributed by atoms with Crippen molar-refractivity contribution in [2.24, 2.45) is 11.8 Å². The van der Waals surface area contributed by atoms with Gasteiger partial charge in [0, 0.05) is 35.7 Å². The topological polar surface area (TPSA) is 82.9 Å². The standard InChI is InChI=1S/C29H30ClFN2O4/c1-37-23-8-9-26-24(16-23)29(25(30)17-32-26)27(34)10-7-20-11-13-33(18-21(20)15-28(35)36)12-3-5-19-4-2-6-22(31)14-19/h2,4,6,8-9,14,16-17,20-21,27,34H,7,10-13,15,18H2,1H3,(H,35,36)/t20?,21?,27-/m1/s1. The van der Waals surface area contributed by atoms with Crippen LogP contribution in [0.15, 0.2) is 48.7 Å². The van der Waals surface area contributed by atoms with E-state index in [2.05, 4.69) is 21.7 Å². The number of fused-ring (bicyclic) bond motifs is 1. The Kier molecular flexibility index (Phi) is 8.99. The van der Waals surface area contributed by atoms with Gasteiger partial charge in [0.1, 0.15) is 11.6 Å². The van der Waals surface area contributed by atoms with Crippen LogP contribution in [0.25, 0.3) is 10.9 Å².